The second kappa shape index (κ2) is 11.2. The molecule has 0 aliphatic rings. The number of aryl methyl sites for hydroxylation is 1. The minimum absolute atomic E-state index is 0.0760. The largest absolute Gasteiger partial charge is 0.348 e. The minimum Gasteiger partial charge on any atom is -0.348 e. The predicted molar refractivity (Wildman–Crippen MR) is 125 cm³/mol. The van der Waals surface area contributed by atoms with Gasteiger partial charge in [-0.2, -0.15) is 0 Å². The molecule has 1 unspecified atom stereocenters. The second-order valence-electron chi connectivity index (χ2n) is 7.13. The molecule has 0 aromatic heterocycles. The highest BCUT2D eigenvalue weighted by Gasteiger charge is 2.15. The Hall–Kier alpha value is -3.05. The first kappa shape index (κ1) is 21.7. The van der Waals surface area contributed by atoms with Gasteiger partial charge in [0.1, 0.15) is 0 Å². The number of thioether (sulfide) groups is 1. The number of hydrogen-bond acceptors (Lipinski definition) is 3. The topological polar surface area (TPSA) is 58.2 Å². The lowest BCUT2D eigenvalue weighted by Crippen LogP contribution is -2.31. The fraction of sp³-hybridized carbons (Fsp3) is 0.200. The number of nitrogens with one attached hydrogen (secondary N) is 2. The Morgan fingerprint density at radius 3 is 2.07 bits per heavy atom. The average Bonchev–Trinajstić information content (AvgIpc) is 2.76. The monoisotopic (exact) mass is 418 g/mol. The van der Waals surface area contributed by atoms with Crippen LogP contribution in [0.5, 0.6) is 0 Å². The van der Waals surface area contributed by atoms with Crippen molar-refractivity contribution in [3.8, 4) is 0 Å². The zero-order chi connectivity index (χ0) is 21.2. The van der Waals surface area contributed by atoms with Crippen molar-refractivity contribution in [1.82, 2.24) is 5.32 Å². The maximum Gasteiger partial charge on any atom is 0.234 e. The summed E-state index contributed by atoms with van der Waals surface area (Å²) in [6, 6.07) is 27.6. The molecule has 0 aliphatic carbocycles. The van der Waals surface area contributed by atoms with E-state index in [9.17, 15) is 9.59 Å². The molecule has 0 fully saturated rings. The Kier molecular flexibility index (Phi) is 8.10. The molecule has 30 heavy (non-hydrogen) atoms. The van der Waals surface area contributed by atoms with Crippen LogP contribution in [-0.4, -0.2) is 23.3 Å². The Bertz CT molecular complexity index is 944. The Morgan fingerprint density at radius 2 is 1.40 bits per heavy atom. The van der Waals surface area contributed by atoms with E-state index in [2.05, 4.69) is 22.8 Å². The highest BCUT2D eigenvalue weighted by atomic mass is 32.2. The smallest absolute Gasteiger partial charge is 0.234 e. The van der Waals surface area contributed by atoms with Gasteiger partial charge in [0.25, 0.3) is 0 Å². The van der Waals surface area contributed by atoms with Crippen molar-refractivity contribution in [3.63, 3.8) is 0 Å². The number of rotatable bonds is 9. The number of carbonyl (C=O) groups excluding carboxylic acids is 2. The fourth-order valence-corrected chi connectivity index (χ4v) is 3.72. The molecule has 2 N–H and O–H groups in total. The van der Waals surface area contributed by atoms with E-state index < -0.39 is 0 Å². The van der Waals surface area contributed by atoms with E-state index in [4.69, 9.17) is 0 Å². The van der Waals surface area contributed by atoms with Crippen LogP contribution in [0.4, 0.5) is 5.69 Å². The van der Waals surface area contributed by atoms with Gasteiger partial charge < -0.3 is 10.6 Å². The normalized spacial score (nSPS) is 11.5. The maximum absolute atomic E-state index is 12.5. The fourth-order valence-electron chi connectivity index (χ4n) is 3.09. The molecule has 0 bridgehead atoms. The third kappa shape index (κ3) is 7.08. The molecule has 2 amide bonds. The molecule has 3 rings (SSSR count). The van der Waals surface area contributed by atoms with Crippen LogP contribution in [0.1, 0.15) is 22.7 Å². The van der Waals surface area contributed by atoms with Gasteiger partial charge in [-0.15, -0.1) is 11.8 Å². The van der Waals surface area contributed by atoms with E-state index in [0.717, 1.165) is 28.8 Å². The van der Waals surface area contributed by atoms with Crippen molar-refractivity contribution in [2.24, 2.45) is 0 Å². The van der Waals surface area contributed by atoms with Gasteiger partial charge in [0.2, 0.25) is 11.8 Å². The van der Waals surface area contributed by atoms with Gasteiger partial charge in [0.05, 0.1) is 17.5 Å². The number of amides is 2. The van der Waals surface area contributed by atoms with Crippen LogP contribution >= 0.6 is 11.8 Å². The van der Waals surface area contributed by atoms with Crippen LogP contribution in [0.3, 0.4) is 0 Å². The molecular weight excluding hydrogens is 392 g/mol. The number of hydrogen-bond donors (Lipinski definition) is 2. The third-order valence-corrected chi connectivity index (χ3v) is 5.55. The summed E-state index contributed by atoms with van der Waals surface area (Å²) in [4.78, 5) is 24.6. The lowest BCUT2D eigenvalue weighted by molar-refractivity contribution is -0.119. The maximum atomic E-state index is 12.5. The first-order valence-corrected chi connectivity index (χ1v) is 11.1. The first-order valence-electron chi connectivity index (χ1n) is 9.92. The standard InChI is InChI=1S/C25H26N2O2S/c1-19-12-14-22(15-13-19)26-24(28)17-30-18-25(29)27-23(21-10-6-3-7-11-21)16-20-8-4-2-5-9-20/h2-15,23H,16-18H2,1H3,(H,26,28)(H,27,29). The van der Waals surface area contributed by atoms with Gasteiger partial charge in [-0.05, 0) is 36.6 Å². The average molecular weight is 419 g/mol. The van der Waals surface area contributed by atoms with Gasteiger partial charge in [-0.3, -0.25) is 9.59 Å². The van der Waals surface area contributed by atoms with Crippen molar-refractivity contribution < 1.29 is 9.59 Å². The Labute approximate surface area is 182 Å². The van der Waals surface area contributed by atoms with Crippen LogP contribution in [0, 0.1) is 6.92 Å². The van der Waals surface area contributed by atoms with E-state index in [-0.39, 0.29) is 29.4 Å². The Balaban J connectivity index is 1.50. The highest BCUT2D eigenvalue weighted by molar-refractivity contribution is 8.00. The Morgan fingerprint density at radius 1 is 0.800 bits per heavy atom. The summed E-state index contributed by atoms with van der Waals surface area (Å²) < 4.78 is 0. The zero-order valence-corrected chi connectivity index (χ0v) is 17.8. The molecule has 0 spiro atoms. The second-order valence-corrected chi connectivity index (χ2v) is 8.11. The van der Waals surface area contributed by atoms with E-state index in [0.29, 0.717) is 0 Å². The third-order valence-electron chi connectivity index (χ3n) is 4.62. The molecule has 5 heteroatoms. The predicted octanol–water partition coefficient (Wildman–Crippen LogP) is 4.77. The molecule has 154 valence electrons. The van der Waals surface area contributed by atoms with Crippen molar-refractivity contribution in [1.29, 1.82) is 0 Å². The van der Waals surface area contributed by atoms with Crippen LogP contribution in [-0.2, 0) is 16.0 Å². The molecule has 0 saturated carbocycles. The summed E-state index contributed by atoms with van der Waals surface area (Å²) in [6.45, 7) is 2.00. The summed E-state index contributed by atoms with van der Waals surface area (Å²) in [5, 5.41) is 5.97. The molecule has 0 aliphatic heterocycles. The molecule has 1 atom stereocenters. The molecule has 0 heterocycles. The van der Waals surface area contributed by atoms with Gasteiger partial charge in [0, 0.05) is 5.69 Å². The summed E-state index contributed by atoms with van der Waals surface area (Å²) in [6.07, 6.45) is 0.717. The molecule has 4 nitrogen and oxygen atoms in total. The molecule has 0 radical (unpaired) electrons. The van der Waals surface area contributed by atoms with E-state index >= 15 is 0 Å². The number of carbonyl (C=O) groups is 2. The first-order chi connectivity index (χ1) is 14.6. The van der Waals surface area contributed by atoms with E-state index in [1.54, 1.807) is 0 Å². The van der Waals surface area contributed by atoms with Crippen LogP contribution < -0.4 is 10.6 Å². The molecular formula is C25H26N2O2S. The number of anilines is 1. The summed E-state index contributed by atoms with van der Waals surface area (Å²) in [5.74, 6) is 0.281. The van der Waals surface area contributed by atoms with Crippen molar-refractivity contribution in [3.05, 3.63) is 102 Å². The van der Waals surface area contributed by atoms with Crippen molar-refractivity contribution in [2.75, 3.05) is 16.8 Å². The summed E-state index contributed by atoms with van der Waals surface area (Å²) >= 11 is 1.31. The number of benzene rings is 3. The zero-order valence-electron chi connectivity index (χ0n) is 17.0. The van der Waals surface area contributed by atoms with Crippen LogP contribution in [0.15, 0.2) is 84.9 Å². The van der Waals surface area contributed by atoms with Gasteiger partial charge >= 0.3 is 0 Å². The van der Waals surface area contributed by atoms with Crippen molar-refractivity contribution in [2.45, 2.75) is 19.4 Å². The minimum atomic E-state index is -0.111. The molecule has 3 aromatic carbocycles. The summed E-state index contributed by atoms with van der Waals surface area (Å²) in [5.41, 5.74) is 4.14. The summed E-state index contributed by atoms with van der Waals surface area (Å²) in [7, 11) is 0. The lowest BCUT2D eigenvalue weighted by Gasteiger charge is -2.19. The highest BCUT2D eigenvalue weighted by Crippen LogP contribution is 2.19. The molecule has 3 aromatic rings. The van der Waals surface area contributed by atoms with Gasteiger partial charge in [-0.25, -0.2) is 0 Å². The van der Waals surface area contributed by atoms with Crippen LogP contribution in [0.2, 0.25) is 0 Å². The van der Waals surface area contributed by atoms with E-state index in [1.165, 1.54) is 11.8 Å². The van der Waals surface area contributed by atoms with Gasteiger partial charge in [-0.1, -0.05) is 78.4 Å². The van der Waals surface area contributed by atoms with E-state index in [1.807, 2.05) is 79.7 Å². The SMILES string of the molecule is Cc1ccc(NC(=O)CSCC(=O)NC(Cc2ccccc2)c2ccccc2)cc1. The quantitative estimate of drug-likeness (QED) is 0.526. The van der Waals surface area contributed by atoms with Crippen LogP contribution in [0.25, 0.3) is 0 Å². The van der Waals surface area contributed by atoms with Crippen molar-refractivity contribution >= 4 is 29.3 Å². The van der Waals surface area contributed by atoms with Gasteiger partial charge in [0.15, 0.2) is 0 Å². The lowest BCUT2D eigenvalue weighted by atomic mass is 9.99. The molecule has 0 saturated heterocycles.